The highest BCUT2D eigenvalue weighted by Crippen LogP contribution is 2.22. The fourth-order valence-corrected chi connectivity index (χ4v) is 3.05. The Morgan fingerprint density at radius 1 is 1.23 bits per heavy atom. The molecule has 138 valence electrons. The molecular weight excluding hydrogens is 357 g/mol. The van der Waals surface area contributed by atoms with Crippen LogP contribution in [0.15, 0.2) is 42.5 Å². The van der Waals surface area contributed by atoms with E-state index in [1.54, 1.807) is 0 Å². The minimum Gasteiger partial charge on any atom is -0.350 e. The van der Waals surface area contributed by atoms with E-state index in [0.717, 1.165) is 18.5 Å². The van der Waals surface area contributed by atoms with Gasteiger partial charge in [0, 0.05) is 25.2 Å². The Morgan fingerprint density at radius 2 is 2.00 bits per heavy atom. The number of carbonyl (C=O) groups excluding carboxylic acids is 2. The van der Waals surface area contributed by atoms with Crippen LogP contribution in [0.2, 0.25) is 0 Å². The number of fused-ring (bicyclic) bond motifs is 1. The lowest BCUT2D eigenvalue weighted by Gasteiger charge is -2.27. The van der Waals surface area contributed by atoms with Gasteiger partial charge in [0.2, 0.25) is 5.91 Å². The maximum atomic E-state index is 14.0. The van der Waals surface area contributed by atoms with E-state index in [1.165, 1.54) is 30.7 Å². The van der Waals surface area contributed by atoms with Crippen molar-refractivity contribution in [1.82, 2.24) is 10.6 Å². The summed E-state index contributed by atoms with van der Waals surface area (Å²) in [6, 6.07) is 12.0. The van der Waals surface area contributed by atoms with Crippen LogP contribution in [-0.4, -0.2) is 24.9 Å². The molecule has 0 spiro atoms. The predicted octanol–water partition coefficient (Wildman–Crippen LogP) is 2.82. The van der Waals surface area contributed by atoms with Crippen molar-refractivity contribution in [2.45, 2.75) is 19.4 Å². The largest absolute Gasteiger partial charge is 0.350 e. The van der Waals surface area contributed by atoms with Gasteiger partial charge < -0.3 is 16.0 Å². The Labute approximate surface area is 157 Å². The highest BCUT2D eigenvalue weighted by molar-refractivity contribution is 5.97. The topological polar surface area (TPSA) is 70.2 Å². The van der Waals surface area contributed by atoms with Crippen LogP contribution >= 0.6 is 12.4 Å². The van der Waals surface area contributed by atoms with Gasteiger partial charge in [0.05, 0.1) is 5.56 Å². The molecule has 0 radical (unpaired) electrons. The van der Waals surface area contributed by atoms with Gasteiger partial charge in [-0.15, -0.1) is 12.4 Å². The van der Waals surface area contributed by atoms with Gasteiger partial charge in [0.25, 0.3) is 5.91 Å². The third-order valence-electron chi connectivity index (χ3n) is 4.21. The molecule has 2 amide bonds. The summed E-state index contributed by atoms with van der Waals surface area (Å²) in [6.07, 6.45) is 0.952. The Bertz CT molecular complexity index is 813. The number of benzene rings is 2. The molecule has 0 aliphatic carbocycles. The minimum absolute atomic E-state index is 0. The fraction of sp³-hybridized carbons (Fsp3) is 0.263. The first kappa shape index (κ1) is 19.9. The molecule has 26 heavy (non-hydrogen) atoms. The maximum Gasteiger partial charge on any atom is 0.254 e. The van der Waals surface area contributed by atoms with Gasteiger partial charge in [-0.2, -0.15) is 0 Å². The number of hydrogen-bond donors (Lipinski definition) is 3. The first-order valence-corrected chi connectivity index (χ1v) is 8.21. The number of anilines is 1. The first-order valence-electron chi connectivity index (χ1n) is 8.21. The molecule has 0 fully saturated rings. The quantitative estimate of drug-likeness (QED) is 0.767. The van der Waals surface area contributed by atoms with Crippen LogP contribution in [-0.2, 0) is 11.2 Å². The standard InChI is InChI=1S/C19H20FN3O2.ClH/c1-12(24)23-14-6-7-17(20)16(10-14)19(25)22-11-18-15-5-3-2-4-13(15)8-9-21-18;/h2-7,10,18,21H,8-9,11H2,1H3,(H,22,25)(H,23,24);1H. The van der Waals surface area contributed by atoms with Crippen molar-refractivity contribution >= 4 is 29.9 Å². The zero-order valence-electron chi connectivity index (χ0n) is 14.3. The van der Waals surface area contributed by atoms with Gasteiger partial charge in [-0.3, -0.25) is 9.59 Å². The second-order valence-corrected chi connectivity index (χ2v) is 6.04. The summed E-state index contributed by atoms with van der Waals surface area (Å²) in [5.41, 5.74) is 2.72. The highest BCUT2D eigenvalue weighted by atomic mass is 35.5. The van der Waals surface area contributed by atoms with Crippen molar-refractivity contribution in [3.05, 3.63) is 65.0 Å². The summed E-state index contributed by atoms with van der Waals surface area (Å²) in [5.74, 6) is -1.40. The van der Waals surface area contributed by atoms with E-state index in [2.05, 4.69) is 22.0 Å². The van der Waals surface area contributed by atoms with Gasteiger partial charge in [-0.05, 0) is 42.3 Å². The predicted molar refractivity (Wildman–Crippen MR) is 101 cm³/mol. The summed E-state index contributed by atoms with van der Waals surface area (Å²) in [4.78, 5) is 23.5. The van der Waals surface area contributed by atoms with E-state index in [0.29, 0.717) is 12.2 Å². The zero-order valence-corrected chi connectivity index (χ0v) is 15.2. The summed E-state index contributed by atoms with van der Waals surface area (Å²) >= 11 is 0. The van der Waals surface area contributed by atoms with E-state index in [-0.39, 0.29) is 29.9 Å². The molecule has 1 heterocycles. The lowest BCUT2D eigenvalue weighted by atomic mass is 9.94. The second-order valence-electron chi connectivity index (χ2n) is 6.04. The van der Waals surface area contributed by atoms with Crippen molar-refractivity contribution in [3.63, 3.8) is 0 Å². The molecule has 7 heteroatoms. The average Bonchev–Trinajstić information content (AvgIpc) is 2.61. The van der Waals surface area contributed by atoms with Gasteiger partial charge in [0.1, 0.15) is 5.82 Å². The highest BCUT2D eigenvalue weighted by Gasteiger charge is 2.20. The van der Waals surface area contributed by atoms with Crippen LogP contribution in [0.4, 0.5) is 10.1 Å². The van der Waals surface area contributed by atoms with Crippen LogP contribution in [0.5, 0.6) is 0 Å². The van der Waals surface area contributed by atoms with Crippen LogP contribution < -0.4 is 16.0 Å². The minimum atomic E-state index is -0.622. The normalized spacial score (nSPS) is 15.4. The molecule has 0 saturated carbocycles. The molecule has 0 saturated heterocycles. The van der Waals surface area contributed by atoms with E-state index in [9.17, 15) is 14.0 Å². The molecule has 0 bridgehead atoms. The molecule has 0 aromatic heterocycles. The SMILES string of the molecule is CC(=O)Nc1ccc(F)c(C(=O)NCC2NCCc3ccccc32)c1.Cl. The van der Waals surface area contributed by atoms with Crippen molar-refractivity contribution in [2.75, 3.05) is 18.4 Å². The summed E-state index contributed by atoms with van der Waals surface area (Å²) < 4.78 is 14.0. The fourth-order valence-electron chi connectivity index (χ4n) is 3.05. The smallest absolute Gasteiger partial charge is 0.254 e. The van der Waals surface area contributed by atoms with Crippen molar-refractivity contribution < 1.29 is 14.0 Å². The zero-order chi connectivity index (χ0) is 17.8. The first-order chi connectivity index (χ1) is 12.0. The molecule has 3 N–H and O–H groups in total. The monoisotopic (exact) mass is 377 g/mol. The van der Waals surface area contributed by atoms with Gasteiger partial charge in [-0.1, -0.05) is 24.3 Å². The van der Waals surface area contributed by atoms with Crippen molar-refractivity contribution in [2.24, 2.45) is 0 Å². The third kappa shape index (κ3) is 4.59. The Balaban J connectivity index is 0.00000243. The van der Waals surface area contributed by atoms with Gasteiger partial charge in [-0.25, -0.2) is 4.39 Å². The second kappa shape index (κ2) is 8.78. The lowest BCUT2D eigenvalue weighted by Crippen LogP contribution is -2.39. The molecule has 5 nitrogen and oxygen atoms in total. The molecule has 1 aliphatic heterocycles. The molecule has 3 rings (SSSR count). The van der Waals surface area contributed by atoms with Gasteiger partial charge in [0.15, 0.2) is 0 Å². The molecule has 1 unspecified atom stereocenters. The number of halogens is 2. The Morgan fingerprint density at radius 3 is 2.77 bits per heavy atom. The summed E-state index contributed by atoms with van der Waals surface area (Å²) in [6.45, 7) is 2.55. The molecule has 1 aliphatic rings. The Kier molecular flexibility index (Phi) is 6.71. The molecule has 1 atom stereocenters. The van der Waals surface area contributed by atoms with Crippen molar-refractivity contribution in [1.29, 1.82) is 0 Å². The van der Waals surface area contributed by atoms with E-state index >= 15 is 0 Å². The summed E-state index contributed by atoms with van der Waals surface area (Å²) in [5, 5.41) is 8.69. The number of carbonyl (C=O) groups is 2. The molecule has 2 aromatic rings. The Hall–Kier alpha value is -2.44. The summed E-state index contributed by atoms with van der Waals surface area (Å²) in [7, 11) is 0. The number of nitrogens with one attached hydrogen (secondary N) is 3. The van der Waals surface area contributed by atoms with E-state index < -0.39 is 11.7 Å². The third-order valence-corrected chi connectivity index (χ3v) is 4.21. The van der Waals surface area contributed by atoms with E-state index in [4.69, 9.17) is 0 Å². The van der Waals surface area contributed by atoms with Gasteiger partial charge >= 0.3 is 0 Å². The number of amides is 2. The molecular formula is C19H21ClFN3O2. The maximum absolute atomic E-state index is 14.0. The van der Waals surface area contributed by atoms with Crippen LogP contribution in [0.1, 0.15) is 34.5 Å². The van der Waals surface area contributed by atoms with E-state index in [1.807, 2.05) is 18.2 Å². The van der Waals surface area contributed by atoms with Crippen LogP contribution in [0, 0.1) is 5.82 Å². The number of hydrogen-bond acceptors (Lipinski definition) is 3. The number of rotatable bonds is 4. The van der Waals surface area contributed by atoms with Crippen LogP contribution in [0.3, 0.4) is 0 Å². The lowest BCUT2D eigenvalue weighted by molar-refractivity contribution is -0.114. The van der Waals surface area contributed by atoms with Crippen molar-refractivity contribution in [3.8, 4) is 0 Å². The van der Waals surface area contributed by atoms with Crippen LogP contribution in [0.25, 0.3) is 0 Å². The molecule has 2 aromatic carbocycles. The average molecular weight is 378 g/mol.